The molecule has 0 saturated heterocycles. The first kappa shape index (κ1) is 13.7. The topological polar surface area (TPSA) is 60.2 Å². The number of nitro benzene ring substituents is 1. The normalized spacial score (nSPS) is 17.3. The van der Waals surface area contributed by atoms with Gasteiger partial charge in [0.15, 0.2) is 0 Å². The molecule has 2 rings (SSSR count). The average Bonchev–Trinajstić information content (AvgIpc) is 2.89. The van der Waals surface area contributed by atoms with E-state index in [4.69, 9.17) is 0 Å². The first-order valence-electron chi connectivity index (χ1n) is 6.85. The number of Topliss-reactive ketones (excluding diaryl/α,β-unsaturated/α-hetero) is 1. The Bertz CT molecular complexity index is 490. The number of hydrogen-bond donors (Lipinski definition) is 0. The van der Waals surface area contributed by atoms with Crippen molar-refractivity contribution in [1.82, 2.24) is 0 Å². The van der Waals surface area contributed by atoms with E-state index in [1.807, 2.05) is 6.92 Å². The van der Waals surface area contributed by atoms with Crippen LogP contribution in [0.5, 0.6) is 0 Å². The molecule has 4 nitrogen and oxygen atoms in total. The number of ketones is 1. The summed E-state index contributed by atoms with van der Waals surface area (Å²) in [5, 5.41) is 11.0. The lowest BCUT2D eigenvalue weighted by molar-refractivity contribution is -0.385. The van der Waals surface area contributed by atoms with Crippen LogP contribution >= 0.6 is 0 Å². The molecule has 1 aromatic carbocycles. The monoisotopic (exact) mass is 261 g/mol. The summed E-state index contributed by atoms with van der Waals surface area (Å²) in [6, 6.07) is 6.55. The Labute approximate surface area is 113 Å². The fourth-order valence-corrected chi connectivity index (χ4v) is 3.08. The largest absolute Gasteiger partial charge is 0.299 e. The molecule has 1 aromatic rings. The van der Waals surface area contributed by atoms with Gasteiger partial charge in [-0.05, 0) is 19.3 Å². The zero-order valence-corrected chi connectivity index (χ0v) is 11.2. The third-order valence-electron chi connectivity index (χ3n) is 4.37. The minimum absolute atomic E-state index is 0.0556. The lowest BCUT2D eigenvalue weighted by Crippen LogP contribution is -2.29. The molecule has 1 aliphatic carbocycles. The number of carbonyl (C=O) groups is 1. The Balaban J connectivity index is 2.21. The Kier molecular flexibility index (Phi) is 3.98. The van der Waals surface area contributed by atoms with Crippen molar-refractivity contribution in [3.05, 3.63) is 39.9 Å². The third kappa shape index (κ3) is 2.67. The van der Waals surface area contributed by atoms with Crippen molar-refractivity contribution in [2.45, 2.75) is 45.4 Å². The molecular formula is C15H19NO3. The highest BCUT2D eigenvalue weighted by atomic mass is 16.6. The summed E-state index contributed by atoms with van der Waals surface area (Å²) in [6.07, 6.45) is 5.08. The quantitative estimate of drug-likeness (QED) is 0.600. The first-order valence-corrected chi connectivity index (χ1v) is 6.85. The minimum Gasteiger partial charge on any atom is -0.299 e. The molecule has 0 spiro atoms. The van der Waals surface area contributed by atoms with Gasteiger partial charge in [0.25, 0.3) is 5.69 Å². The highest BCUT2D eigenvalue weighted by Gasteiger charge is 2.39. The lowest BCUT2D eigenvalue weighted by Gasteiger charge is -2.25. The van der Waals surface area contributed by atoms with Gasteiger partial charge in [0.2, 0.25) is 0 Å². The van der Waals surface area contributed by atoms with Crippen LogP contribution in [-0.2, 0) is 11.2 Å². The molecule has 19 heavy (non-hydrogen) atoms. The highest BCUT2D eigenvalue weighted by molar-refractivity contribution is 5.87. The Hall–Kier alpha value is -1.71. The van der Waals surface area contributed by atoms with Gasteiger partial charge in [0, 0.05) is 23.5 Å². The molecule has 0 bridgehead atoms. The molecule has 0 atom stereocenters. The molecule has 1 aliphatic rings. The van der Waals surface area contributed by atoms with Gasteiger partial charge in [-0.1, -0.05) is 38.0 Å². The molecule has 0 aromatic heterocycles. The Morgan fingerprint density at radius 3 is 2.53 bits per heavy atom. The molecule has 0 amide bonds. The van der Waals surface area contributed by atoms with Gasteiger partial charge in [-0.25, -0.2) is 0 Å². The molecule has 4 heteroatoms. The second-order valence-electron chi connectivity index (χ2n) is 5.33. The van der Waals surface area contributed by atoms with Crippen LogP contribution in [0.2, 0.25) is 0 Å². The number of nitro groups is 1. The maximum Gasteiger partial charge on any atom is 0.273 e. The van der Waals surface area contributed by atoms with Crippen LogP contribution in [-0.4, -0.2) is 10.7 Å². The molecule has 0 N–H and O–H groups in total. The van der Waals surface area contributed by atoms with Gasteiger partial charge in [-0.3, -0.25) is 14.9 Å². The molecule has 0 radical (unpaired) electrons. The van der Waals surface area contributed by atoms with Crippen molar-refractivity contribution in [2.75, 3.05) is 0 Å². The number of carbonyl (C=O) groups excluding carboxylic acids is 1. The van der Waals surface area contributed by atoms with E-state index in [1.165, 1.54) is 6.07 Å². The third-order valence-corrected chi connectivity index (χ3v) is 4.37. The maximum atomic E-state index is 12.5. The van der Waals surface area contributed by atoms with E-state index in [1.54, 1.807) is 18.2 Å². The van der Waals surface area contributed by atoms with Crippen molar-refractivity contribution in [1.29, 1.82) is 0 Å². The molecular weight excluding hydrogens is 242 g/mol. The van der Waals surface area contributed by atoms with Crippen molar-refractivity contribution >= 4 is 11.5 Å². The average molecular weight is 261 g/mol. The summed E-state index contributed by atoms with van der Waals surface area (Å²) < 4.78 is 0. The van der Waals surface area contributed by atoms with Crippen molar-refractivity contribution in [2.24, 2.45) is 5.41 Å². The number of rotatable bonds is 5. The molecule has 0 aliphatic heterocycles. The van der Waals surface area contributed by atoms with E-state index in [9.17, 15) is 14.9 Å². The second-order valence-corrected chi connectivity index (χ2v) is 5.33. The van der Waals surface area contributed by atoms with Crippen LogP contribution in [0.3, 0.4) is 0 Å². The Morgan fingerprint density at radius 1 is 1.32 bits per heavy atom. The minimum atomic E-state index is -0.407. The summed E-state index contributed by atoms with van der Waals surface area (Å²) in [4.78, 5) is 23.1. The predicted octanol–water partition coefficient (Wildman–Crippen LogP) is 3.68. The summed E-state index contributed by atoms with van der Waals surface area (Å²) in [6.45, 7) is 2.04. The lowest BCUT2D eigenvalue weighted by atomic mass is 9.77. The van der Waals surface area contributed by atoms with E-state index in [0.29, 0.717) is 5.56 Å². The molecule has 102 valence electrons. The maximum absolute atomic E-state index is 12.5. The van der Waals surface area contributed by atoms with Crippen LogP contribution in [0.15, 0.2) is 24.3 Å². The van der Waals surface area contributed by atoms with Crippen molar-refractivity contribution in [3.63, 3.8) is 0 Å². The number of hydrogen-bond acceptors (Lipinski definition) is 3. The molecule has 1 saturated carbocycles. The Morgan fingerprint density at radius 2 is 1.95 bits per heavy atom. The second kappa shape index (κ2) is 5.51. The fraction of sp³-hybridized carbons (Fsp3) is 0.533. The van der Waals surface area contributed by atoms with Gasteiger partial charge < -0.3 is 0 Å². The van der Waals surface area contributed by atoms with Crippen molar-refractivity contribution in [3.8, 4) is 0 Å². The number of para-hydroxylation sites is 1. The molecule has 0 unspecified atom stereocenters. The van der Waals surface area contributed by atoms with Crippen LogP contribution in [0, 0.1) is 15.5 Å². The van der Waals surface area contributed by atoms with Crippen LogP contribution in [0.25, 0.3) is 0 Å². The van der Waals surface area contributed by atoms with Gasteiger partial charge >= 0.3 is 0 Å². The first-order chi connectivity index (χ1) is 9.09. The summed E-state index contributed by atoms with van der Waals surface area (Å²) >= 11 is 0. The van der Waals surface area contributed by atoms with Crippen molar-refractivity contribution < 1.29 is 9.72 Å². The van der Waals surface area contributed by atoms with Crippen LogP contribution in [0.4, 0.5) is 5.69 Å². The molecule has 0 heterocycles. The smallest absolute Gasteiger partial charge is 0.273 e. The summed E-state index contributed by atoms with van der Waals surface area (Å²) in [5.41, 5.74) is 0.362. The predicted molar refractivity (Wildman–Crippen MR) is 73.0 cm³/mol. The number of benzene rings is 1. The van der Waals surface area contributed by atoms with Gasteiger partial charge in [-0.15, -0.1) is 0 Å². The summed E-state index contributed by atoms with van der Waals surface area (Å²) in [5.74, 6) is 0.168. The summed E-state index contributed by atoms with van der Waals surface area (Å²) in [7, 11) is 0. The van der Waals surface area contributed by atoms with E-state index < -0.39 is 4.92 Å². The van der Waals surface area contributed by atoms with Gasteiger partial charge in [-0.2, -0.15) is 0 Å². The van der Waals surface area contributed by atoms with E-state index in [2.05, 4.69) is 0 Å². The van der Waals surface area contributed by atoms with Gasteiger partial charge in [0.1, 0.15) is 5.78 Å². The van der Waals surface area contributed by atoms with E-state index in [0.717, 1.165) is 32.1 Å². The van der Waals surface area contributed by atoms with E-state index >= 15 is 0 Å². The number of nitrogens with zero attached hydrogens (tertiary/aromatic N) is 1. The highest BCUT2D eigenvalue weighted by Crippen LogP contribution is 2.42. The zero-order valence-electron chi connectivity index (χ0n) is 11.2. The molecule has 1 fully saturated rings. The van der Waals surface area contributed by atoms with E-state index in [-0.39, 0.29) is 23.3 Å². The standard InChI is InChI=1S/C15H19NO3/c1-2-15(9-5-6-10-15)14(17)11-12-7-3-4-8-13(12)16(18)19/h3-4,7-8H,2,5-6,9-11H2,1H3. The van der Waals surface area contributed by atoms with Crippen LogP contribution in [0.1, 0.15) is 44.6 Å². The fourth-order valence-electron chi connectivity index (χ4n) is 3.08. The van der Waals surface area contributed by atoms with Gasteiger partial charge in [0.05, 0.1) is 4.92 Å². The zero-order chi connectivity index (χ0) is 13.9. The SMILES string of the molecule is CCC1(C(=O)Cc2ccccc2[N+](=O)[O-])CCCC1. The van der Waals surface area contributed by atoms with Crippen LogP contribution < -0.4 is 0 Å².